The van der Waals surface area contributed by atoms with Gasteiger partial charge in [0.2, 0.25) is 0 Å². The lowest BCUT2D eigenvalue weighted by atomic mass is 10.1. The second-order valence-electron chi connectivity index (χ2n) is 4.18. The Morgan fingerprint density at radius 1 is 1.20 bits per heavy atom. The molecule has 0 bridgehead atoms. The molecule has 1 aromatic carbocycles. The number of carboxylic acid groups (broad SMARTS) is 1. The first-order valence-electron chi connectivity index (χ1n) is 6.51. The van der Waals surface area contributed by atoms with Crippen LogP contribution in [0.15, 0.2) is 24.3 Å². The number of aliphatic carboxylic acids is 1. The quantitative estimate of drug-likeness (QED) is 0.623. The summed E-state index contributed by atoms with van der Waals surface area (Å²) in [6, 6.07) is 7.63. The number of nitrogens with one attached hydrogen (secondary N) is 2. The smallest absolute Gasteiger partial charge is 0.329 e. The predicted molar refractivity (Wildman–Crippen MR) is 74.5 cm³/mol. The molecule has 1 aromatic rings. The number of rotatable bonds is 8. The summed E-state index contributed by atoms with van der Waals surface area (Å²) in [6.07, 6.45) is 0.919. The van der Waals surface area contributed by atoms with Crippen molar-refractivity contribution in [1.29, 1.82) is 0 Å². The number of hydrogen-bond donors (Lipinski definition) is 3. The number of ether oxygens (including phenoxy) is 1. The van der Waals surface area contributed by atoms with Crippen LogP contribution in [0.2, 0.25) is 0 Å². The number of benzene rings is 1. The van der Waals surface area contributed by atoms with Gasteiger partial charge in [0.05, 0.1) is 6.61 Å². The lowest BCUT2D eigenvalue weighted by Gasteiger charge is -2.10. The molecule has 0 aromatic heterocycles. The molecule has 20 heavy (non-hydrogen) atoms. The van der Waals surface area contributed by atoms with E-state index in [1.807, 2.05) is 24.3 Å². The minimum Gasteiger partial charge on any atom is -0.480 e. The molecule has 0 spiro atoms. The van der Waals surface area contributed by atoms with Gasteiger partial charge in [-0.3, -0.25) is 0 Å². The highest BCUT2D eigenvalue weighted by Gasteiger charge is 2.03. The molecule has 0 saturated heterocycles. The van der Waals surface area contributed by atoms with Crippen molar-refractivity contribution in [3.8, 4) is 0 Å². The van der Waals surface area contributed by atoms with Crippen molar-refractivity contribution < 1.29 is 19.4 Å². The van der Waals surface area contributed by atoms with E-state index in [-0.39, 0.29) is 25.8 Å². The molecule has 0 unspecified atom stereocenters. The largest absolute Gasteiger partial charge is 0.480 e. The summed E-state index contributed by atoms with van der Waals surface area (Å²) >= 11 is 0. The molecule has 2 amide bonds. The van der Waals surface area contributed by atoms with Crippen molar-refractivity contribution >= 4 is 12.0 Å². The van der Waals surface area contributed by atoms with E-state index in [0.717, 1.165) is 12.0 Å². The number of carbonyl (C=O) groups excluding carboxylic acids is 1. The van der Waals surface area contributed by atoms with Gasteiger partial charge in [0.25, 0.3) is 0 Å². The van der Waals surface area contributed by atoms with Gasteiger partial charge in [0, 0.05) is 13.1 Å². The summed E-state index contributed by atoms with van der Waals surface area (Å²) in [7, 11) is 0. The number of carbonyl (C=O) groups is 2. The van der Waals surface area contributed by atoms with Crippen molar-refractivity contribution in [3.05, 3.63) is 35.4 Å². The number of aryl methyl sites for hydroxylation is 1. The lowest BCUT2D eigenvalue weighted by molar-refractivity contribution is -0.142. The zero-order valence-corrected chi connectivity index (χ0v) is 11.5. The van der Waals surface area contributed by atoms with Crippen LogP contribution in [-0.4, -0.2) is 36.9 Å². The first kappa shape index (κ1) is 16.0. The maximum Gasteiger partial charge on any atom is 0.329 e. The van der Waals surface area contributed by atoms with E-state index in [2.05, 4.69) is 17.6 Å². The zero-order valence-electron chi connectivity index (χ0n) is 11.5. The normalized spacial score (nSPS) is 10.1. The molecule has 0 radical (unpaired) electrons. The van der Waals surface area contributed by atoms with Gasteiger partial charge in [-0.15, -0.1) is 0 Å². The van der Waals surface area contributed by atoms with E-state index < -0.39 is 5.97 Å². The molecule has 3 N–H and O–H groups in total. The van der Waals surface area contributed by atoms with Gasteiger partial charge in [-0.05, 0) is 17.5 Å². The molecule has 1 rings (SSSR count). The van der Waals surface area contributed by atoms with Crippen LogP contribution in [0.5, 0.6) is 0 Å². The molecular weight excluding hydrogens is 260 g/mol. The Balaban J connectivity index is 2.21. The van der Waals surface area contributed by atoms with Crippen LogP contribution in [0, 0.1) is 0 Å². The summed E-state index contributed by atoms with van der Waals surface area (Å²) in [6.45, 7) is 2.62. The molecule has 0 fully saturated rings. The van der Waals surface area contributed by atoms with Crippen molar-refractivity contribution in [2.45, 2.75) is 19.9 Å². The standard InChI is InChI=1S/C14H20N2O4/c1-2-11-5-3-4-6-12(11)9-16-14(19)15-7-8-20-10-13(17)18/h3-6H,2,7-10H2,1H3,(H,17,18)(H2,15,16,19). The summed E-state index contributed by atoms with van der Waals surface area (Å²) in [5.41, 5.74) is 2.30. The van der Waals surface area contributed by atoms with Crippen molar-refractivity contribution in [3.63, 3.8) is 0 Å². The maximum atomic E-state index is 11.5. The van der Waals surface area contributed by atoms with Gasteiger partial charge in [0.1, 0.15) is 6.61 Å². The fraction of sp³-hybridized carbons (Fsp3) is 0.429. The highest BCUT2D eigenvalue weighted by molar-refractivity contribution is 5.73. The Bertz CT molecular complexity index is 449. The highest BCUT2D eigenvalue weighted by atomic mass is 16.5. The van der Waals surface area contributed by atoms with Crippen LogP contribution in [0.4, 0.5) is 4.79 Å². The van der Waals surface area contributed by atoms with Gasteiger partial charge >= 0.3 is 12.0 Å². The molecule has 6 heteroatoms. The molecule has 110 valence electrons. The van der Waals surface area contributed by atoms with E-state index in [1.165, 1.54) is 5.56 Å². The van der Waals surface area contributed by atoms with Crippen molar-refractivity contribution in [1.82, 2.24) is 10.6 Å². The average Bonchev–Trinajstić information content (AvgIpc) is 2.44. The predicted octanol–water partition coefficient (Wildman–Crippen LogP) is 1.15. The Hall–Kier alpha value is -2.08. The van der Waals surface area contributed by atoms with E-state index in [9.17, 15) is 9.59 Å². The van der Waals surface area contributed by atoms with E-state index in [1.54, 1.807) is 0 Å². The van der Waals surface area contributed by atoms with Crippen LogP contribution in [0.25, 0.3) is 0 Å². The van der Waals surface area contributed by atoms with Crippen LogP contribution in [0.1, 0.15) is 18.1 Å². The Morgan fingerprint density at radius 2 is 1.90 bits per heavy atom. The van der Waals surface area contributed by atoms with Gasteiger partial charge in [0.15, 0.2) is 0 Å². The molecule has 0 aliphatic heterocycles. The SMILES string of the molecule is CCc1ccccc1CNC(=O)NCCOCC(=O)O. The Morgan fingerprint density at radius 3 is 2.55 bits per heavy atom. The Kier molecular flexibility index (Phi) is 7.13. The van der Waals surface area contributed by atoms with Crippen LogP contribution >= 0.6 is 0 Å². The Labute approximate surface area is 118 Å². The second-order valence-corrected chi connectivity index (χ2v) is 4.18. The molecule has 0 heterocycles. The third-order valence-corrected chi connectivity index (χ3v) is 2.70. The molecule has 0 atom stereocenters. The summed E-state index contributed by atoms with van der Waals surface area (Å²) < 4.78 is 4.80. The highest BCUT2D eigenvalue weighted by Crippen LogP contribution is 2.08. The lowest BCUT2D eigenvalue weighted by Crippen LogP contribution is -2.37. The number of hydrogen-bond acceptors (Lipinski definition) is 3. The second kappa shape index (κ2) is 8.92. The fourth-order valence-electron chi connectivity index (χ4n) is 1.71. The average molecular weight is 280 g/mol. The topological polar surface area (TPSA) is 87.7 Å². The molecule has 6 nitrogen and oxygen atoms in total. The van der Waals surface area contributed by atoms with Crippen LogP contribution in [0.3, 0.4) is 0 Å². The first-order valence-corrected chi connectivity index (χ1v) is 6.51. The van der Waals surface area contributed by atoms with E-state index in [0.29, 0.717) is 6.54 Å². The van der Waals surface area contributed by atoms with Crippen molar-refractivity contribution in [2.24, 2.45) is 0 Å². The van der Waals surface area contributed by atoms with Crippen LogP contribution < -0.4 is 10.6 Å². The molecule has 0 aliphatic carbocycles. The fourth-order valence-corrected chi connectivity index (χ4v) is 1.71. The summed E-state index contributed by atoms with van der Waals surface area (Å²) in [4.78, 5) is 21.7. The van der Waals surface area contributed by atoms with E-state index >= 15 is 0 Å². The maximum absolute atomic E-state index is 11.5. The summed E-state index contributed by atoms with van der Waals surface area (Å²) in [5, 5.41) is 13.7. The van der Waals surface area contributed by atoms with Gasteiger partial charge in [-0.2, -0.15) is 0 Å². The van der Waals surface area contributed by atoms with Gasteiger partial charge < -0.3 is 20.5 Å². The van der Waals surface area contributed by atoms with Gasteiger partial charge in [-0.1, -0.05) is 31.2 Å². The van der Waals surface area contributed by atoms with E-state index in [4.69, 9.17) is 9.84 Å². The van der Waals surface area contributed by atoms with Crippen molar-refractivity contribution in [2.75, 3.05) is 19.8 Å². The monoisotopic (exact) mass is 280 g/mol. The van der Waals surface area contributed by atoms with Gasteiger partial charge in [-0.25, -0.2) is 9.59 Å². The zero-order chi connectivity index (χ0) is 14.8. The minimum atomic E-state index is -1.02. The molecule has 0 aliphatic rings. The third-order valence-electron chi connectivity index (χ3n) is 2.70. The first-order chi connectivity index (χ1) is 9.63. The number of carboxylic acids is 1. The van der Waals surface area contributed by atoms with Crippen LogP contribution in [-0.2, 0) is 22.5 Å². The summed E-state index contributed by atoms with van der Waals surface area (Å²) in [5.74, 6) is -1.02. The number of amides is 2. The minimum absolute atomic E-state index is 0.172. The molecule has 0 saturated carbocycles. The number of urea groups is 1. The molecular formula is C14H20N2O4. The third kappa shape index (κ3) is 6.19.